The van der Waals surface area contributed by atoms with Gasteiger partial charge in [-0.2, -0.15) is 5.26 Å². The number of piperidine rings is 1. The van der Waals surface area contributed by atoms with Crippen molar-refractivity contribution in [3.05, 3.63) is 59.5 Å². The van der Waals surface area contributed by atoms with Crippen LogP contribution in [0.1, 0.15) is 39.1 Å². The Labute approximate surface area is 146 Å². The van der Waals surface area contributed by atoms with Crippen molar-refractivity contribution in [2.45, 2.75) is 12.8 Å². The Kier molecular flexibility index (Phi) is 5.14. The molecule has 1 aromatic carbocycles. The number of benzene rings is 1. The van der Waals surface area contributed by atoms with Gasteiger partial charge in [-0.15, -0.1) is 0 Å². The van der Waals surface area contributed by atoms with Crippen LogP contribution < -0.4 is 5.32 Å². The first kappa shape index (κ1) is 16.8. The fourth-order valence-corrected chi connectivity index (χ4v) is 2.94. The zero-order chi connectivity index (χ0) is 17.6. The molecule has 128 valence electrons. The van der Waals surface area contributed by atoms with Crippen molar-refractivity contribution < 1.29 is 14.0 Å². The van der Waals surface area contributed by atoms with Crippen molar-refractivity contribution in [3.63, 3.8) is 0 Å². The minimum Gasteiger partial charge on any atom is -0.472 e. The number of carbonyl (C=O) groups is 2. The summed E-state index contributed by atoms with van der Waals surface area (Å²) in [6.07, 6.45) is 4.68. The summed E-state index contributed by atoms with van der Waals surface area (Å²) in [6.45, 7) is 1.95. The summed E-state index contributed by atoms with van der Waals surface area (Å²) in [7, 11) is 0. The van der Waals surface area contributed by atoms with Crippen LogP contribution >= 0.6 is 0 Å². The van der Waals surface area contributed by atoms with E-state index in [9.17, 15) is 9.59 Å². The monoisotopic (exact) mass is 337 g/mol. The third-order valence-electron chi connectivity index (χ3n) is 4.50. The zero-order valence-electron chi connectivity index (χ0n) is 13.8. The molecule has 2 amide bonds. The third kappa shape index (κ3) is 4.07. The molecule has 6 heteroatoms. The van der Waals surface area contributed by atoms with E-state index in [1.54, 1.807) is 30.3 Å². The fourth-order valence-electron chi connectivity index (χ4n) is 2.94. The van der Waals surface area contributed by atoms with Gasteiger partial charge in [0.2, 0.25) is 0 Å². The van der Waals surface area contributed by atoms with Crippen LogP contribution in [0.3, 0.4) is 0 Å². The molecular formula is C19H19N3O3. The number of nitrogens with one attached hydrogen (secondary N) is 1. The second kappa shape index (κ2) is 7.67. The van der Waals surface area contributed by atoms with Crippen LogP contribution in [0.15, 0.2) is 47.3 Å². The fraction of sp³-hybridized carbons (Fsp3) is 0.316. The molecule has 1 aromatic heterocycles. The van der Waals surface area contributed by atoms with Crippen molar-refractivity contribution in [2.75, 3.05) is 19.6 Å². The first-order chi connectivity index (χ1) is 12.2. The molecule has 0 bridgehead atoms. The smallest absolute Gasteiger partial charge is 0.257 e. The molecule has 1 aliphatic rings. The number of hydrogen-bond donors (Lipinski definition) is 1. The molecule has 25 heavy (non-hydrogen) atoms. The maximum absolute atomic E-state index is 12.2. The van der Waals surface area contributed by atoms with E-state index in [0.717, 1.165) is 12.8 Å². The van der Waals surface area contributed by atoms with Gasteiger partial charge in [-0.1, -0.05) is 0 Å². The summed E-state index contributed by atoms with van der Waals surface area (Å²) < 4.78 is 4.96. The van der Waals surface area contributed by atoms with Gasteiger partial charge in [0.05, 0.1) is 23.5 Å². The predicted octanol–water partition coefficient (Wildman–Crippen LogP) is 2.43. The van der Waals surface area contributed by atoms with Crippen LogP contribution in [0.25, 0.3) is 0 Å². The maximum atomic E-state index is 12.2. The van der Waals surface area contributed by atoms with Crippen LogP contribution in [0.5, 0.6) is 0 Å². The van der Waals surface area contributed by atoms with Crippen LogP contribution in [0.2, 0.25) is 0 Å². The molecule has 0 saturated carbocycles. The van der Waals surface area contributed by atoms with Gasteiger partial charge in [0, 0.05) is 25.2 Å². The van der Waals surface area contributed by atoms with Crippen molar-refractivity contribution in [3.8, 4) is 6.07 Å². The minimum atomic E-state index is -0.138. The second-order valence-electron chi connectivity index (χ2n) is 6.15. The van der Waals surface area contributed by atoms with E-state index in [0.29, 0.717) is 42.2 Å². The Balaban J connectivity index is 1.45. The van der Waals surface area contributed by atoms with Crippen LogP contribution in [-0.2, 0) is 0 Å². The number of furan rings is 1. The zero-order valence-corrected chi connectivity index (χ0v) is 13.8. The predicted molar refractivity (Wildman–Crippen MR) is 90.8 cm³/mol. The molecule has 1 N–H and O–H groups in total. The van der Waals surface area contributed by atoms with Gasteiger partial charge in [0.25, 0.3) is 11.8 Å². The standard InChI is InChI=1S/C19H19N3O3/c20-11-14-1-3-16(4-2-14)18(23)21-12-15-5-8-22(9-6-15)19(24)17-7-10-25-13-17/h1-4,7,10,13,15H,5-6,8-9,12H2,(H,21,23). The van der Waals surface area contributed by atoms with Crippen molar-refractivity contribution in [1.82, 2.24) is 10.2 Å². The highest BCUT2D eigenvalue weighted by Crippen LogP contribution is 2.19. The summed E-state index contributed by atoms with van der Waals surface area (Å²) in [5.74, 6) is 0.214. The second-order valence-corrected chi connectivity index (χ2v) is 6.15. The molecule has 2 heterocycles. The lowest BCUT2D eigenvalue weighted by Gasteiger charge is -2.31. The van der Waals surface area contributed by atoms with E-state index >= 15 is 0 Å². The van der Waals surface area contributed by atoms with Crippen LogP contribution in [0, 0.1) is 17.2 Å². The lowest BCUT2D eigenvalue weighted by atomic mass is 9.96. The molecule has 1 aliphatic heterocycles. The van der Waals surface area contributed by atoms with Gasteiger partial charge < -0.3 is 14.6 Å². The number of likely N-dealkylation sites (tertiary alicyclic amines) is 1. The highest BCUT2D eigenvalue weighted by atomic mass is 16.3. The van der Waals surface area contributed by atoms with Gasteiger partial charge in [0.1, 0.15) is 6.26 Å². The molecule has 1 saturated heterocycles. The van der Waals surface area contributed by atoms with Crippen molar-refractivity contribution in [2.24, 2.45) is 5.92 Å². The van der Waals surface area contributed by atoms with Crippen LogP contribution in [0.4, 0.5) is 0 Å². The molecule has 0 atom stereocenters. The Morgan fingerprint density at radius 2 is 1.88 bits per heavy atom. The van der Waals surface area contributed by atoms with Gasteiger partial charge in [-0.05, 0) is 49.1 Å². The summed E-state index contributed by atoms with van der Waals surface area (Å²) in [5, 5.41) is 11.7. The maximum Gasteiger partial charge on any atom is 0.257 e. The van der Waals surface area contributed by atoms with Gasteiger partial charge in [-0.3, -0.25) is 9.59 Å². The number of hydrogen-bond acceptors (Lipinski definition) is 4. The average molecular weight is 337 g/mol. The Hall–Kier alpha value is -3.07. The largest absolute Gasteiger partial charge is 0.472 e. The van der Waals surface area contributed by atoms with E-state index in [-0.39, 0.29) is 11.8 Å². The number of nitrogens with zero attached hydrogens (tertiary/aromatic N) is 2. The molecule has 0 aliphatic carbocycles. The molecule has 3 rings (SSSR count). The average Bonchev–Trinajstić information content (AvgIpc) is 3.21. The first-order valence-corrected chi connectivity index (χ1v) is 8.27. The molecule has 1 fully saturated rings. The van der Waals surface area contributed by atoms with Crippen molar-refractivity contribution in [1.29, 1.82) is 5.26 Å². The summed E-state index contributed by atoms with van der Waals surface area (Å²) in [6, 6.07) is 10.3. The summed E-state index contributed by atoms with van der Waals surface area (Å²) in [4.78, 5) is 26.2. The Morgan fingerprint density at radius 3 is 2.48 bits per heavy atom. The number of nitriles is 1. The minimum absolute atomic E-state index is 0.00572. The van der Waals surface area contributed by atoms with E-state index in [2.05, 4.69) is 5.32 Å². The molecular weight excluding hydrogens is 318 g/mol. The topological polar surface area (TPSA) is 86.3 Å². The highest BCUT2D eigenvalue weighted by Gasteiger charge is 2.24. The number of amides is 2. The summed E-state index contributed by atoms with van der Waals surface area (Å²) in [5.41, 5.74) is 1.66. The molecule has 0 spiro atoms. The van der Waals surface area contributed by atoms with E-state index < -0.39 is 0 Å². The van der Waals surface area contributed by atoms with Crippen molar-refractivity contribution >= 4 is 11.8 Å². The first-order valence-electron chi connectivity index (χ1n) is 8.27. The lowest BCUT2D eigenvalue weighted by molar-refractivity contribution is 0.0683. The molecule has 2 aromatic rings. The lowest BCUT2D eigenvalue weighted by Crippen LogP contribution is -2.41. The summed E-state index contributed by atoms with van der Waals surface area (Å²) >= 11 is 0. The van der Waals surface area contributed by atoms with Gasteiger partial charge >= 0.3 is 0 Å². The van der Waals surface area contributed by atoms with Gasteiger partial charge in [0.15, 0.2) is 0 Å². The normalized spacial score (nSPS) is 14.8. The highest BCUT2D eigenvalue weighted by molar-refractivity contribution is 5.94. The van der Waals surface area contributed by atoms with E-state index in [4.69, 9.17) is 9.68 Å². The number of carbonyl (C=O) groups excluding carboxylic acids is 2. The molecule has 0 radical (unpaired) electrons. The van der Waals surface area contributed by atoms with E-state index in [1.165, 1.54) is 12.5 Å². The third-order valence-corrected chi connectivity index (χ3v) is 4.50. The molecule has 6 nitrogen and oxygen atoms in total. The Morgan fingerprint density at radius 1 is 1.16 bits per heavy atom. The Bertz CT molecular complexity index is 767. The number of rotatable bonds is 4. The van der Waals surface area contributed by atoms with Gasteiger partial charge in [-0.25, -0.2) is 0 Å². The quantitative estimate of drug-likeness (QED) is 0.928. The SMILES string of the molecule is N#Cc1ccc(C(=O)NCC2CCN(C(=O)c3ccoc3)CC2)cc1. The van der Waals surface area contributed by atoms with Crippen LogP contribution in [-0.4, -0.2) is 36.3 Å². The van der Waals surface area contributed by atoms with E-state index in [1.807, 2.05) is 11.0 Å². The molecule has 0 unspecified atom stereocenters.